The zero-order valence-corrected chi connectivity index (χ0v) is 19.2. The number of aromatic nitrogens is 2. The van der Waals surface area contributed by atoms with Gasteiger partial charge in [0.2, 0.25) is 0 Å². The molecular weight excluding hydrogens is 392 g/mol. The Morgan fingerprint density at radius 2 is 1.94 bits per heavy atom. The van der Waals surface area contributed by atoms with Gasteiger partial charge in [-0.05, 0) is 50.3 Å². The van der Waals surface area contributed by atoms with Crippen molar-refractivity contribution in [1.29, 1.82) is 0 Å². The van der Waals surface area contributed by atoms with Crippen LogP contribution in [0.2, 0.25) is 0 Å². The van der Waals surface area contributed by atoms with Crippen molar-refractivity contribution in [2.75, 3.05) is 6.61 Å². The zero-order valence-electron chi connectivity index (χ0n) is 19.2. The molecule has 0 aliphatic rings. The van der Waals surface area contributed by atoms with Crippen LogP contribution in [0.5, 0.6) is 0 Å². The first-order valence-corrected chi connectivity index (χ1v) is 10.8. The lowest BCUT2D eigenvalue weighted by atomic mass is 9.85. The highest BCUT2D eigenvalue weighted by molar-refractivity contribution is 5.73. The number of allylic oxidation sites excluding steroid dienone is 2. The number of H-pyrrole nitrogens is 1. The number of hydrogen-bond donors (Lipinski definition) is 1. The Labute approximate surface area is 185 Å². The van der Waals surface area contributed by atoms with Crippen LogP contribution in [0, 0.1) is 18.8 Å². The minimum absolute atomic E-state index is 0.106. The van der Waals surface area contributed by atoms with Gasteiger partial charge in [0.15, 0.2) is 0 Å². The summed E-state index contributed by atoms with van der Waals surface area (Å²) in [5, 5.41) is 0. The van der Waals surface area contributed by atoms with E-state index in [1.54, 1.807) is 6.33 Å². The average Bonchev–Trinajstić information content (AvgIpc) is 3.25. The summed E-state index contributed by atoms with van der Waals surface area (Å²) in [4.78, 5) is 31.5. The van der Waals surface area contributed by atoms with E-state index in [9.17, 15) is 9.59 Å². The summed E-state index contributed by atoms with van der Waals surface area (Å²) in [7, 11) is 0. The fourth-order valence-electron chi connectivity index (χ4n) is 3.69. The number of carbonyl (C=O) groups is 2. The Morgan fingerprint density at radius 1 is 1.19 bits per heavy atom. The van der Waals surface area contributed by atoms with Crippen molar-refractivity contribution in [2.24, 2.45) is 11.8 Å². The number of ether oxygens (including phenoxy) is 2. The van der Waals surface area contributed by atoms with E-state index in [-0.39, 0.29) is 37.0 Å². The molecule has 2 atom stereocenters. The molecule has 0 saturated carbocycles. The number of nitrogens with zero attached hydrogens (tertiary/aromatic N) is 1. The second-order valence-electron chi connectivity index (χ2n) is 7.98. The summed E-state index contributed by atoms with van der Waals surface area (Å²) in [6.07, 6.45) is 7.57. The van der Waals surface area contributed by atoms with E-state index in [1.807, 2.05) is 52.1 Å². The molecule has 1 aromatic carbocycles. The number of hydrogen-bond acceptors (Lipinski definition) is 5. The Hall–Kier alpha value is -2.89. The predicted octanol–water partition coefficient (Wildman–Crippen LogP) is 4.91. The first-order chi connectivity index (χ1) is 14.8. The molecule has 6 heteroatoms. The molecule has 6 nitrogen and oxygen atoms in total. The van der Waals surface area contributed by atoms with E-state index in [0.29, 0.717) is 12.8 Å². The molecule has 0 saturated heterocycles. The van der Waals surface area contributed by atoms with Gasteiger partial charge >= 0.3 is 11.9 Å². The molecule has 168 valence electrons. The molecular formula is C25H34N2O4. The monoisotopic (exact) mass is 426 g/mol. The van der Waals surface area contributed by atoms with Crippen molar-refractivity contribution in [3.05, 3.63) is 64.8 Å². The number of imidazole rings is 1. The minimum Gasteiger partial charge on any atom is -0.466 e. The van der Waals surface area contributed by atoms with Crippen LogP contribution in [-0.2, 0) is 32.1 Å². The molecule has 0 spiro atoms. The average molecular weight is 427 g/mol. The van der Waals surface area contributed by atoms with Crippen LogP contribution in [0.25, 0.3) is 0 Å². The van der Waals surface area contributed by atoms with E-state index in [2.05, 4.69) is 16.0 Å². The molecule has 1 N–H and O–H groups in total. The second kappa shape index (κ2) is 12.1. The van der Waals surface area contributed by atoms with Crippen LogP contribution in [-0.4, -0.2) is 28.5 Å². The number of aromatic amines is 1. The third kappa shape index (κ3) is 7.39. The standard InChI is InChI=1S/C25H34N2O4/c1-6-17(3)11-22(15-30-19(5)28)24(7-2)25(29)31-14-21-10-8-9-20(18(21)4)12-23-13-26-16-27-23/h6,8-10,13,16,22,24H,7,11-12,14-15H2,1-5H3,(H,26,27)/b17-6+. The van der Waals surface area contributed by atoms with Crippen LogP contribution in [0.1, 0.15) is 62.9 Å². The molecule has 0 aliphatic heterocycles. The van der Waals surface area contributed by atoms with Gasteiger partial charge in [-0.15, -0.1) is 0 Å². The summed E-state index contributed by atoms with van der Waals surface area (Å²) >= 11 is 0. The molecule has 1 heterocycles. The number of nitrogens with one attached hydrogen (secondary N) is 1. The van der Waals surface area contributed by atoms with Gasteiger partial charge in [-0.3, -0.25) is 9.59 Å². The fourth-order valence-corrected chi connectivity index (χ4v) is 3.69. The molecule has 0 radical (unpaired) electrons. The Kier molecular flexibility index (Phi) is 9.50. The van der Waals surface area contributed by atoms with Gasteiger partial charge in [-0.1, -0.05) is 36.8 Å². The number of rotatable bonds is 11. The first-order valence-electron chi connectivity index (χ1n) is 10.8. The van der Waals surface area contributed by atoms with Gasteiger partial charge in [0, 0.05) is 31.2 Å². The van der Waals surface area contributed by atoms with Gasteiger partial charge in [-0.25, -0.2) is 4.98 Å². The first kappa shape index (κ1) is 24.4. The lowest BCUT2D eigenvalue weighted by Crippen LogP contribution is -2.29. The lowest BCUT2D eigenvalue weighted by molar-refractivity contribution is -0.155. The largest absolute Gasteiger partial charge is 0.466 e. The van der Waals surface area contributed by atoms with E-state index in [4.69, 9.17) is 9.47 Å². The maximum atomic E-state index is 13.0. The highest BCUT2D eigenvalue weighted by atomic mass is 16.5. The predicted molar refractivity (Wildman–Crippen MR) is 120 cm³/mol. The van der Waals surface area contributed by atoms with E-state index in [1.165, 1.54) is 12.5 Å². The smallest absolute Gasteiger partial charge is 0.309 e. The minimum atomic E-state index is -0.337. The van der Waals surface area contributed by atoms with Gasteiger partial charge in [0.05, 0.1) is 18.9 Å². The third-order valence-corrected chi connectivity index (χ3v) is 5.75. The van der Waals surface area contributed by atoms with Gasteiger partial charge in [0.25, 0.3) is 0 Å². The van der Waals surface area contributed by atoms with Crippen LogP contribution >= 0.6 is 0 Å². The summed E-state index contributed by atoms with van der Waals surface area (Å²) in [6, 6.07) is 6.05. The van der Waals surface area contributed by atoms with E-state index < -0.39 is 0 Å². The molecule has 2 rings (SSSR count). The quantitative estimate of drug-likeness (QED) is 0.408. The summed E-state index contributed by atoms with van der Waals surface area (Å²) in [5.41, 5.74) is 5.46. The topological polar surface area (TPSA) is 81.3 Å². The zero-order chi connectivity index (χ0) is 22.8. The summed E-state index contributed by atoms with van der Waals surface area (Å²) in [5.74, 6) is -1.02. The van der Waals surface area contributed by atoms with Crippen molar-refractivity contribution in [1.82, 2.24) is 9.97 Å². The molecule has 0 bridgehead atoms. The Balaban J connectivity index is 2.08. The summed E-state index contributed by atoms with van der Waals surface area (Å²) in [6.45, 7) is 9.83. The second-order valence-corrected chi connectivity index (χ2v) is 7.98. The van der Waals surface area contributed by atoms with Crippen LogP contribution in [0.15, 0.2) is 42.4 Å². The normalized spacial score (nSPS) is 13.5. The van der Waals surface area contributed by atoms with E-state index in [0.717, 1.165) is 28.8 Å². The number of esters is 2. The van der Waals surface area contributed by atoms with E-state index >= 15 is 0 Å². The highest BCUT2D eigenvalue weighted by Gasteiger charge is 2.29. The number of carbonyl (C=O) groups excluding carboxylic acids is 2. The van der Waals surface area contributed by atoms with Gasteiger partial charge in [-0.2, -0.15) is 0 Å². The van der Waals surface area contributed by atoms with Crippen molar-refractivity contribution < 1.29 is 19.1 Å². The maximum absolute atomic E-state index is 13.0. The molecule has 31 heavy (non-hydrogen) atoms. The summed E-state index contributed by atoms with van der Waals surface area (Å²) < 4.78 is 11.0. The molecule has 0 fully saturated rings. The third-order valence-electron chi connectivity index (χ3n) is 5.75. The molecule has 0 amide bonds. The van der Waals surface area contributed by atoms with Crippen molar-refractivity contribution in [2.45, 2.75) is 60.5 Å². The maximum Gasteiger partial charge on any atom is 0.309 e. The molecule has 2 aromatic rings. The van der Waals surface area contributed by atoms with Crippen molar-refractivity contribution in [3.8, 4) is 0 Å². The van der Waals surface area contributed by atoms with Crippen LogP contribution in [0.4, 0.5) is 0 Å². The Morgan fingerprint density at radius 3 is 2.55 bits per heavy atom. The van der Waals surface area contributed by atoms with Crippen LogP contribution in [0.3, 0.4) is 0 Å². The van der Waals surface area contributed by atoms with Crippen LogP contribution < -0.4 is 0 Å². The van der Waals surface area contributed by atoms with Gasteiger partial charge in [0.1, 0.15) is 6.61 Å². The van der Waals surface area contributed by atoms with Crippen molar-refractivity contribution >= 4 is 11.9 Å². The Bertz CT molecular complexity index is 887. The van der Waals surface area contributed by atoms with Gasteiger partial charge < -0.3 is 14.5 Å². The fraction of sp³-hybridized carbons (Fsp3) is 0.480. The number of benzene rings is 1. The lowest BCUT2D eigenvalue weighted by Gasteiger charge is -2.25. The molecule has 1 aromatic heterocycles. The molecule has 0 aliphatic carbocycles. The SMILES string of the molecule is C/C=C(\C)CC(COC(C)=O)C(CC)C(=O)OCc1cccc(Cc2cnc[nH]2)c1C. The molecule has 2 unspecified atom stereocenters. The highest BCUT2D eigenvalue weighted by Crippen LogP contribution is 2.26. The van der Waals surface area contributed by atoms with Crippen molar-refractivity contribution in [3.63, 3.8) is 0 Å².